The number of rotatable bonds is 7. The van der Waals surface area contributed by atoms with Crippen LogP contribution in [0, 0.1) is 0 Å². The van der Waals surface area contributed by atoms with Crippen LogP contribution in [0.15, 0.2) is 12.2 Å². The monoisotopic (exact) mass is 421 g/mol. The van der Waals surface area contributed by atoms with Crippen LogP contribution in [0.3, 0.4) is 0 Å². The third-order valence-electron chi connectivity index (χ3n) is 2.69. The number of sulfone groups is 2. The number of hydrogen-bond donors (Lipinski definition) is 2. The summed E-state index contributed by atoms with van der Waals surface area (Å²) in [6.45, 7) is 3.34. The Bertz CT molecular complexity index is 680. The Kier molecular flexibility index (Phi) is 7.09. The number of alkyl halides is 6. The van der Waals surface area contributed by atoms with Gasteiger partial charge in [-0.05, 0) is 6.92 Å². The van der Waals surface area contributed by atoms with Gasteiger partial charge in [0.05, 0.1) is 6.10 Å². The summed E-state index contributed by atoms with van der Waals surface area (Å²) in [6.07, 6.45) is -4.29. The van der Waals surface area contributed by atoms with Crippen molar-refractivity contribution in [1.82, 2.24) is 5.32 Å². The molecule has 0 radical (unpaired) electrons. The van der Waals surface area contributed by atoms with E-state index in [9.17, 15) is 53.1 Å². The van der Waals surface area contributed by atoms with Crippen LogP contribution in [-0.2, 0) is 24.5 Å². The molecule has 0 aliphatic heterocycles. The summed E-state index contributed by atoms with van der Waals surface area (Å²) in [7, 11) is -13.7. The second-order valence-corrected chi connectivity index (χ2v) is 9.33. The van der Waals surface area contributed by atoms with Gasteiger partial charge in [-0.3, -0.25) is 4.79 Å². The van der Waals surface area contributed by atoms with Gasteiger partial charge < -0.3 is 10.4 Å². The van der Waals surface area contributed by atoms with Crippen LogP contribution >= 0.6 is 0 Å². The number of hydrogen-bond acceptors (Lipinski definition) is 6. The van der Waals surface area contributed by atoms with Gasteiger partial charge in [-0.15, -0.1) is 0 Å². The smallest absolute Gasteiger partial charge is 0.391 e. The van der Waals surface area contributed by atoms with E-state index in [1.807, 2.05) is 5.32 Å². The summed E-state index contributed by atoms with van der Waals surface area (Å²) >= 11 is 0. The highest BCUT2D eigenvalue weighted by Crippen LogP contribution is 2.38. The van der Waals surface area contributed by atoms with Crippen LogP contribution in [0.4, 0.5) is 26.3 Å². The highest BCUT2D eigenvalue weighted by Gasteiger charge is 2.63. The Morgan fingerprint density at radius 1 is 1.04 bits per heavy atom. The molecular formula is C10H13F6NO6S2. The molecule has 15 heteroatoms. The molecule has 0 heterocycles. The van der Waals surface area contributed by atoms with Gasteiger partial charge in [0, 0.05) is 18.5 Å². The highest BCUT2D eigenvalue weighted by atomic mass is 32.3. The lowest BCUT2D eigenvalue weighted by Gasteiger charge is -2.23. The predicted octanol–water partition coefficient (Wildman–Crippen LogP) is 0.625. The molecule has 0 aliphatic rings. The molecule has 0 aromatic heterocycles. The normalized spacial score (nSPS) is 15.1. The van der Waals surface area contributed by atoms with E-state index in [2.05, 4.69) is 6.58 Å². The molecule has 0 aromatic rings. The van der Waals surface area contributed by atoms with E-state index in [-0.39, 0.29) is 5.57 Å². The Morgan fingerprint density at radius 2 is 1.40 bits per heavy atom. The van der Waals surface area contributed by atoms with Crippen molar-refractivity contribution in [2.24, 2.45) is 0 Å². The average molecular weight is 421 g/mol. The van der Waals surface area contributed by atoms with Gasteiger partial charge in [-0.1, -0.05) is 6.58 Å². The van der Waals surface area contributed by atoms with Crippen LogP contribution in [0.5, 0.6) is 0 Å². The van der Waals surface area contributed by atoms with Gasteiger partial charge in [0.25, 0.3) is 19.7 Å². The number of carbonyl (C=O) groups is 1. The van der Waals surface area contributed by atoms with E-state index < -0.39 is 60.2 Å². The van der Waals surface area contributed by atoms with E-state index in [0.717, 1.165) is 0 Å². The molecule has 148 valence electrons. The fourth-order valence-corrected chi connectivity index (χ4v) is 4.92. The molecule has 2 N–H and O–H groups in total. The van der Waals surface area contributed by atoms with E-state index >= 15 is 0 Å². The first-order valence-electron chi connectivity index (χ1n) is 6.07. The lowest BCUT2D eigenvalue weighted by molar-refractivity contribution is -0.117. The van der Waals surface area contributed by atoms with E-state index in [1.54, 1.807) is 0 Å². The Hall–Kier alpha value is -1.35. The van der Waals surface area contributed by atoms with Crippen molar-refractivity contribution in [2.45, 2.75) is 35.0 Å². The summed E-state index contributed by atoms with van der Waals surface area (Å²) in [6, 6.07) is 0. The Morgan fingerprint density at radius 3 is 1.68 bits per heavy atom. The van der Waals surface area contributed by atoms with Crippen LogP contribution < -0.4 is 5.32 Å². The highest BCUT2D eigenvalue weighted by molar-refractivity contribution is 8.09. The van der Waals surface area contributed by atoms with Crippen molar-refractivity contribution < 1.29 is 53.1 Å². The Balaban J connectivity index is 5.75. The van der Waals surface area contributed by atoms with Gasteiger partial charge in [-0.2, -0.15) is 26.3 Å². The number of carbonyl (C=O) groups excluding carboxylic acids is 1. The zero-order valence-corrected chi connectivity index (χ0v) is 14.0. The second kappa shape index (κ2) is 7.49. The van der Waals surface area contributed by atoms with Crippen molar-refractivity contribution in [3.05, 3.63) is 12.2 Å². The van der Waals surface area contributed by atoms with Gasteiger partial charge in [0.1, 0.15) is 0 Å². The fourth-order valence-electron chi connectivity index (χ4n) is 1.39. The number of halogens is 6. The predicted molar refractivity (Wildman–Crippen MR) is 72.2 cm³/mol. The first-order valence-corrected chi connectivity index (χ1v) is 9.17. The number of amides is 1. The topological polar surface area (TPSA) is 118 Å². The summed E-state index contributed by atoms with van der Waals surface area (Å²) in [4.78, 5) is 11.1. The molecule has 1 unspecified atom stereocenters. The summed E-state index contributed by atoms with van der Waals surface area (Å²) < 4.78 is 116. The number of aliphatic hydroxyl groups is 1. The summed E-state index contributed by atoms with van der Waals surface area (Å²) in [5, 5.41) is 11.2. The van der Waals surface area contributed by atoms with Crippen molar-refractivity contribution in [2.75, 3.05) is 6.54 Å². The lowest BCUT2D eigenvalue weighted by Crippen LogP contribution is -2.47. The largest absolute Gasteiger partial charge is 0.498 e. The molecule has 0 fully saturated rings. The fraction of sp³-hybridized carbons (Fsp3) is 0.700. The van der Waals surface area contributed by atoms with Crippen LogP contribution in [-0.4, -0.2) is 56.1 Å². The molecule has 0 aliphatic carbocycles. The van der Waals surface area contributed by atoms with Gasteiger partial charge >= 0.3 is 11.0 Å². The minimum absolute atomic E-state index is 0.130. The summed E-state index contributed by atoms with van der Waals surface area (Å²) in [5.74, 6) is -0.937. The molecule has 0 rings (SSSR count). The lowest BCUT2D eigenvalue weighted by atomic mass is 10.2. The van der Waals surface area contributed by atoms with E-state index in [0.29, 0.717) is 0 Å². The molecule has 0 saturated heterocycles. The molecule has 25 heavy (non-hydrogen) atoms. The first-order chi connectivity index (χ1) is 10.9. The quantitative estimate of drug-likeness (QED) is 0.460. The van der Waals surface area contributed by atoms with Crippen LogP contribution in [0.2, 0.25) is 0 Å². The first kappa shape index (κ1) is 23.6. The van der Waals surface area contributed by atoms with Crippen LogP contribution in [0.25, 0.3) is 0 Å². The molecule has 1 atom stereocenters. The molecule has 0 aromatic carbocycles. The van der Waals surface area contributed by atoms with Crippen molar-refractivity contribution in [3.63, 3.8) is 0 Å². The van der Waals surface area contributed by atoms with Crippen molar-refractivity contribution in [3.8, 4) is 0 Å². The molecule has 0 saturated carbocycles. The maximum atomic E-state index is 12.5. The van der Waals surface area contributed by atoms with Crippen LogP contribution in [0.1, 0.15) is 13.3 Å². The maximum Gasteiger partial charge on any atom is 0.498 e. The summed E-state index contributed by atoms with van der Waals surface area (Å²) in [5.41, 5.74) is -12.7. The number of nitrogens with one attached hydrogen (secondary N) is 1. The third-order valence-corrected chi connectivity index (χ3v) is 7.27. The standard InChI is InChI=1S/C10H13F6NO6S2/c1-5(2)8(19)17-4-6(18)3-7(24(20,21)9(11,12)13)25(22,23)10(14,15)16/h6-7,18H,1,3-4H2,2H3,(H,17,19). The molecule has 1 amide bonds. The SMILES string of the molecule is C=C(C)C(=O)NCC(O)CC(S(=O)(=O)C(F)(F)F)S(=O)(=O)C(F)(F)F. The second-order valence-electron chi connectivity index (χ2n) is 4.79. The van der Waals surface area contributed by atoms with Gasteiger partial charge in [-0.25, -0.2) is 16.8 Å². The van der Waals surface area contributed by atoms with Gasteiger partial charge in [0.2, 0.25) is 5.91 Å². The zero-order chi connectivity index (χ0) is 20.4. The molecule has 7 nitrogen and oxygen atoms in total. The van der Waals surface area contributed by atoms with E-state index in [4.69, 9.17) is 0 Å². The number of aliphatic hydroxyl groups excluding tert-OH is 1. The minimum Gasteiger partial charge on any atom is -0.391 e. The minimum atomic E-state index is -6.83. The molecule has 0 spiro atoms. The zero-order valence-electron chi connectivity index (χ0n) is 12.3. The molecular weight excluding hydrogens is 408 g/mol. The van der Waals surface area contributed by atoms with Crippen molar-refractivity contribution in [1.29, 1.82) is 0 Å². The van der Waals surface area contributed by atoms with Gasteiger partial charge in [0.15, 0.2) is 4.58 Å². The van der Waals surface area contributed by atoms with E-state index in [1.165, 1.54) is 6.92 Å². The van der Waals surface area contributed by atoms with Crippen molar-refractivity contribution >= 4 is 25.6 Å². The average Bonchev–Trinajstić information content (AvgIpc) is 2.38. The maximum absolute atomic E-state index is 12.5. The third kappa shape index (κ3) is 5.57. The Labute approximate surface area is 138 Å². The molecule has 0 bridgehead atoms.